The van der Waals surface area contributed by atoms with E-state index in [4.69, 9.17) is 16.6 Å². The van der Waals surface area contributed by atoms with Gasteiger partial charge in [-0.05, 0) is 37.5 Å². The fourth-order valence-corrected chi connectivity index (χ4v) is 2.49. The van der Waals surface area contributed by atoms with E-state index in [9.17, 15) is 0 Å². The molecule has 1 heterocycles. The van der Waals surface area contributed by atoms with Gasteiger partial charge in [0.15, 0.2) is 0 Å². The van der Waals surface area contributed by atoms with Crippen LogP contribution in [0.15, 0.2) is 18.2 Å². The molecule has 3 rings (SSSR count). The van der Waals surface area contributed by atoms with E-state index < -0.39 is 0 Å². The van der Waals surface area contributed by atoms with Crippen LogP contribution in [0.5, 0.6) is 0 Å². The third-order valence-electron chi connectivity index (χ3n) is 3.40. The Bertz CT molecular complexity index is 588. The number of halogens is 1. The van der Waals surface area contributed by atoms with Crippen molar-refractivity contribution in [1.29, 1.82) is 0 Å². The molecule has 1 aliphatic rings. The van der Waals surface area contributed by atoms with Crippen molar-refractivity contribution < 1.29 is 0 Å². The number of rotatable bonds is 2. The average Bonchev–Trinajstić information content (AvgIpc) is 3.16. The van der Waals surface area contributed by atoms with Gasteiger partial charge in [0.1, 0.15) is 0 Å². The number of aromatic nitrogens is 1. The van der Waals surface area contributed by atoms with Crippen LogP contribution in [-0.2, 0) is 0 Å². The quantitative estimate of drug-likeness (QED) is 0.862. The number of benzene rings is 1. The largest absolute Gasteiger partial charge is 0.387 e. The van der Waals surface area contributed by atoms with E-state index in [1.54, 1.807) is 0 Å². The summed E-state index contributed by atoms with van der Waals surface area (Å²) in [6, 6.07) is 6.12. The number of fused-ring (bicyclic) bond motifs is 1. The number of aryl methyl sites for hydroxylation is 1. The van der Waals surface area contributed by atoms with Gasteiger partial charge in [0.05, 0.1) is 10.5 Å². The second kappa shape index (κ2) is 3.88. The number of hydrogen-bond acceptors (Lipinski definition) is 2. The summed E-state index contributed by atoms with van der Waals surface area (Å²) in [6.45, 7) is 2.09. The molecule has 2 nitrogen and oxygen atoms in total. The lowest BCUT2D eigenvalue weighted by molar-refractivity contribution is 1.04. The summed E-state index contributed by atoms with van der Waals surface area (Å²) in [5.41, 5.74) is 4.51. The summed E-state index contributed by atoms with van der Waals surface area (Å²) in [5, 5.41) is 5.05. The van der Waals surface area contributed by atoms with E-state index in [1.165, 1.54) is 24.1 Å². The number of hydrogen-bond donors (Lipinski definition) is 1. The molecule has 0 saturated heterocycles. The van der Waals surface area contributed by atoms with E-state index >= 15 is 0 Å². The van der Waals surface area contributed by atoms with Crippen molar-refractivity contribution in [2.75, 3.05) is 12.4 Å². The summed E-state index contributed by atoms with van der Waals surface area (Å²) in [6.07, 6.45) is 2.53. The fraction of sp³-hybridized carbons (Fsp3) is 0.357. The van der Waals surface area contributed by atoms with Gasteiger partial charge in [0.25, 0.3) is 0 Å². The maximum atomic E-state index is 6.28. The number of anilines is 1. The van der Waals surface area contributed by atoms with Gasteiger partial charge in [-0.1, -0.05) is 17.7 Å². The highest BCUT2D eigenvalue weighted by atomic mass is 35.5. The summed E-state index contributed by atoms with van der Waals surface area (Å²) >= 11 is 6.28. The van der Waals surface area contributed by atoms with Crippen molar-refractivity contribution in [3.05, 3.63) is 34.5 Å². The molecule has 0 unspecified atom stereocenters. The van der Waals surface area contributed by atoms with Crippen molar-refractivity contribution in [2.24, 2.45) is 0 Å². The maximum absolute atomic E-state index is 6.28. The van der Waals surface area contributed by atoms with E-state index in [-0.39, 0.29) is 0 Å². The summed E-state index contributed by atoms with van der Waals surface area (Å²) in [7, 11) is 1.93. The zero-order valence-corrected chi connectivity index (χ0v) is 10.8. The lowest BCUT2D eigenvalue weighted by Crippen LogP contribution is -1.97. The molecule has 0 bridgehead atoms. The van der Waals surface area contributed by atoms with Gasteiger partial charge < -0.3 is 5.32 Å². The molecule has 1 aromatic carbocycles. The molecule has 0 radical (unpaired) electrons. The molecule has 1 saturated carbocycles. The summed E-state index contributed by atoms with van der Waals surface area (Å²) in [5.74, 6) is 0.657. The van der Waals surface area contributed by atoms with Gasteiger partial charge in [0, 0.05) is 29.7 Å². The third kappa shape index (κ3) is 1.77. The predicted molar refractivity (Wildman–Crippen MR) is 73.0 cm³/mol. The van der Waals surface area contributed by atoms with Crippen LogP contribution in [-0.4, -0.2) is 12.0 Å². The van der Waals surface area contributed by atoms with Crippen molar-refractivity contribution in [2.45, 2.75) is 25.7 Å². The van der Waals surface area contributed by atoms with Crippen molar-refractivity contribution in [3.63, 3.8) is 0 Å². The SMILES string of the molecule is CNc1cc(C2CC2)nc2c(C)ccc(Cl)c12. The molecule has 0 atom stereocenters. The number of nitrogens with one attached hydrogen (secondary N) is 1. The van der Waals surface area contributed by atoms with Gasteiger partial charge in [-0.15, -0.1) is 0 Å². The molecule has 1 fully saturated rings. The van der Waals surface area contributed by atoms with Crippen molar-refractivity contribution in [3.8, 4) is 0 Å². The van der Waals surface area contributed by atoms with Crippen LogP contribution < -0.4 is 5.32 Å². The minimum atomic E-state index is 0.657. The van der Waals surface area contributed by atoms with E-state index in [2.05, 4.69) is 18.3 Å². The highest BCUT2D eigenvalue weighted by molar-refractivity contribution is 6.36. The third-order valence-corrected chi connectivity index (χ3v) is 3.71. The van der Waals surface area contributed by atoms with Crippen LogP contribution in [0.3, 0.4) is 0 Å². The molecule has 0 spiro atoms. The lowest BCUT2D eigenvalue weighted by atomic mass is 10.1. The van der Waals surface area contributed by atoms with Gasteiger partial charge in [-0.2, -0.15) is 0 Å². The van der Waals surface area contributed by atoms with Gasteiger partial charge in [-0.3, -0.25) is 4.98 Å². The Morgan fingerprint density at radius 1 is 1.35 bits per heavy atom. The first-order chi connectivity index (χ1) is 8.20. The number of nitrogens with zero attached hydrogens (tertiary/aromatic N) is 1. The highest BCUT2D eigenvalue weighted by Crippen LogP contribution is 2.42. The zero-order valence-electron chi connectivity index (χ0n) is 10.0. The Labute approximate surface area is 106 Å². The second-order valence-electron chi connectivity index (χ2n) is 4.71. The summed E-state index contributed by atoms with van der Waals surface area (Å²) < 4.78 is 0. The lowest BCUT2D eigenvalue weighted by Gasteiger charge is -2.11. The Hall–Kier alpha value is -1.28. The molecular formula is C14H15ClN2. The normalized spacial score (nSPS) is 15.2. The molecule has 0 aliphatic heterocycles. The summed E-state index contributed by atoms with van der Waals surface area (Å²) in [4.78, 5) is 4.78. The molecule has 0 amide bonds. The van der Waals surface area contributed by atoms with Crippen LogP contribution in [0, 0.1) is 6.92 Å². The predicted octanol–water partition coefficient (Wildman–Crippen LogP) is 4.12. The van der Waals surface area contributed by atoms with E-state index in [1.807, 2.05) is 19.2 Å². The van der Waals surface area contributed by atoms with Crippen LogP contribution in [0.4, 0.5) is 5.69 Å². The molecule has 88 valence electrons. The molecule has 2 aromatic rings. The van der Waals surface area contributed by atoms with E-state index in [0.29, 0.717) is 5.92 Å². The molecule has 17 heavy (non-hydrogen) atoms. The topological polar surface area (TPSA) is 24.9 Å². The van der Waals surface area contributed by atoms with Crippen LogP contribution in [0.1, 0.15) is 30.0 Å². The maximum Gasteiger partial charge on any atom is 0.0770 e. The monoisotopic (exact) mass is 246 g/mol. The smallest absolute Gasteiger partial charge is 0.0770 e. The second-order valence-corrected chi connectivity index (χ2v) is 5.11. The Kier molecular flexibility index (Phi) is 2.48. The standard InChI is InChI=1S/C14H15ClN2/c1-8-3-6-10(15)13-12(16-2)7-11(9-4-5-9)17-14(8)13/h3,6-7,9H,4-5H2,1-2H3,(H,16,17). The van der Waals surface area contributed by atoms with Crippen LogP contribution >= 0.6 is 11.6 Å². The van der Waals surface area contributed by atoms with Gasteiger partial charge in [-0.25, -0.2) is 0 Å². The molecule has 1 aliphatic carbocycles. The van der Waals surface area contributed by atoms with Gasteiger partial charge in [0.2, 0.25) is 0 Å². The molecule has 1 N–H and O–H groups in total. The molecule has 3 heteroatoms. The van der Waals surface area contributed by atoms with E-state index in [0.717, 1.165) is 21.6 Å². The van der Waals surface area contributed by atoms with Crippen LogP contribution in [0.2, 0.25) is 5.02 Å². The highest BCUT2D eigenvalue weighted by Gasteiger charge is 2.26. The number of pyridine rings is 1. The van der Waals surface area contributed by atoms with Crippen LogP contribution in [0.25, 0.3) is 10.9 Å². The minimum Gasteiger partial charge on any atom is -0.387 e. The Balaban J connectivity index is 2.35. The minimum absolute atomic E-state index is 0.657. The molecular weight excluding hydrogens is 232 g/mol. The van der Waals surface area contributed by atoms with Gasteiger partial charge >= 0.3 is 0 Å². The zero-order chi connectivity index (χ0) is 12.0. The first kappa shape index (κ1) is 10.8. The first-order valence-electron chi connectivity index (χ1n) is 5.98. The first-order valence-corrected chi connectivity index (χ1v) is 6.36. The average molecular weight is 247 g/mol. The van der Waals surface area contributed by atoms with Crippen molar-refractivity contribution in [1.82, 2.24) is 4.98 Å². The fourth-order valence-electron chi connectivity index (χ4n) is 2.24. The van der Waals surface area contributed by atoms with Crippen molar-refractivity contribution >= 4 is 28.2 Å². The Morgan fingerprint density at radius 2 is 2.12 bits per heavy atom. The Morgan fingerprint density at radius 3 is 2.76 bits per heavy atom. The molecule has 1 aromatic heterocycles.